The monoisotopic (exact) mass is 229 g/mol. The van der Waals surface area contributed by atoms with Gasteiger partial charge in [0.25, 0.3) is 0 Å². The van der Waals surface area contributed by atoms with Crippen molar-refractivity contribution in [3.8, 4) is 0 Å². The Hall–Kier alpha value is -0.813. The quantitative estimate of drug-likeness (QED) is 0.283. The van der Waals surface area contributed by atoms with Crippen molar-refractivity contribution in [3.05, 3.63) is 11.0 Å². The first-order chi connectivity index (χ1) is 7.17. The Kier molecular flexibility index (Phi) is 8.03. The highest BCUT2D eigenvalue weighted by Gasteiger charge is 2.15. The third kappa shape index (κ3) is 5.59. The lowest BCUT2D eigenvalue weighted by Crippen LogP contribution is -2.16. The lowest BCUT2D eigenvalue weighted by Gasteiger charge is -2.10. The van der Waals surface area contributed by atoms with E-state index in [0.717, 1.165) is 6.42 Å². The highest BCUT2D eigenvalue weighted by atomic mass is 28.1. The smallest absolute Gasteiger partial charge is 0.339 e. The number of hydrogen-bond donors (Lipinski definition) is 0. The van der Waals surface area contributed by atoms with Gasteiger partial charge < -0.3 is 14.2 Å². The third-order valence-corrected chi connectivity index (χ3v) is 2.12. The Bertz CT molecular complexity index is 225. The summed E-state index contributed by atoms with van der Waals surface area (Å²) in [6, 6.07) is 0. The predicted molar refractivity (Wildman–Crippen MR) is 57.5 cm³/mol. The molecular formula is C10H17O4Si. The van der Waals surface area contributed by atoms with E-state index in [1.807, 2.05) is 13.8 Å². The summed E-state index contributed by atoms with van der Waals surface area (Å²) in [5, 5.41) is 0.351. The zero-order valence-electron chi connectivity index (χ0n) is 9.46. The molecule has 0 aromatic rings. The molecule has 0 fully saturated rings. The molecule has 0 aromatic heterocycles. The first-order valence-electron chi connectivity index (χ1n) is 4.90. The highest BCUT2D eigenvalue weighted by molar-refractivity contribution is 6.23. The molecule has 0 amide bonds. The van der Waals surface area contributed by atoms with Crippen LogP contribution in [0.4, 0.5) is 0 Å². The molecule has 85 valence electrons. The summed E-state index contributed by atoms with van der Waals surface area (Å²) in [6.45, 7) is 4.91. The van der Waals surface area contributed by atoms with E-state index in [4.69, 9.17) is 14.2 Å². The second-order valence-corrected chi connectivity index (χ2v) is 3.24. The van der Waals surface area contributed by atoms with Crippen LogP contribution in [0.5, 0.6) is 0 Å². The molecule has 0 unspecified atom stereocenters. The fourth-order valence-electron chi connectivity index (χ4n) is 0.826. The summed E-state index contributed by atoms with van der Waals surface area (Å²) in [7, 11) is 4.67. The molecule has 0 saturated heterocycles. The Morgan fingerprint density at radius 1 is 1.33 bits per heavy atom. The Morgan fingerprint density at radius 3 is 2.47 bits per heavy atom. The second kappa shape index (κ2) is 8.49. The fourth-order valence-corrected chi connectivity index (χ4v) is 1.00. The minimum Gasteiger partial charge on any atom is -0.506 e. The molecule has 0 heterocycles. The van der Waals surface area contributed by atoms with Crippen LogP contribution in [0.2, 0.25) is 0 Å². The summed E-state index contributed by atoms with van der Waals surface area (Å²) in [6.07, 6.45) is 0.789. The van der Waals surface area contributed by atoms with Gasteiger partial charge in [0.1, 0.15) is 10.2 Å². The number of carbonyl (C=O) groups is 1. The van der Waals surface area contributed by atoms with Gasteiger partial charge in [0.15, 0.2) is 0 Å². The van der Waals surface area contributed by atoms with Crippen molar-refractivity contribution in [2.75, 3.05) is 26.9 Å². The average molecular weight is 229 g/mol. The van der Waals surface area contributed by atoms with Crippen molar-refractivity contribution in [1.29, 1.82) is 0 Å². The van der Waals surface area contributed by atoms with E-state index in [2.05, 4.69) is 10.2 Å². The van der Waals surface area contributed by atoms with E-state index in [1.165, 1.54) is 7.11 Å². The molecule has 0 saturated carbocycles. The Balaban J connectivity index is 4.42. The van der Waals surface area contributed by atoms with Crippen LogP contribution in [0.1, 0.15) is 20.3 Å². The van der Waals surface area contributed by atoms with E-state index in [0.29, 0.717) is 24.2 Å². The van der Waals surface area contributed by atoms with Crippen LogP contribution >= 0.6 is 0 Å². The van der Waals surface area contributed by atoms with Gasteiger partial charge in [-0.1, -0.05) is 6.92 Å². The van der Waals surface area contributed by atoms with Crippen molar-refractivity contribution < 1.29 is 19.0 Å². The van der Waals surface area contributed by atoms with Gasteiger partial charge in [0, 0.05) is 6.61 Å². The van der Waals surface area contributed by atoms with E-state index in [9.17, 15) is 4.79 Å². The summed E-state index contributed by atoms with van der Waals surface area (Å²) in [5.41, 5.74) is 0.365. The van der Waals surface area contributed by atoms with Crippen molar-refractivity contribution in [2.45, 2.75) is 20.3 Å². The number of ether oxygens (including phenoxy) is 3. The Labute approximate surface area is 94.0 Å². The van der Waals surface area contributed by atoms with Crippen molar-refractivity contribution in [3.63, 3.8) is 0 Å². The van der Waals surface area contributed by atoms with Crippen LogP contribution in [0, 0.1) is 0 Å². The van der Waals surface area contributed by atoms with Gasteiger partial charge in [-0.15, -0.1) is 0 Å². The van der Waals surface area contributed by atoms with Crippen molar-refractivity contribution in [1.82, 2.24) is 0 Å². The standard InChI is InChI=1S/C10H17O4Si/c1-4-6-14-9(11)8(7-13-5-2)10(15)12-3/h4-7H2,1-3H3/b10-8-. The van der Waals surface area contributed by atoms with Crippen LogP contribution in [-0.4, -0.2) is 43.1 Å². The van der Waals surface area contributed by atoms with Gasteiger partial charge in [-0.2, -0.15) is 0 Å². The zero-order valence-corrected chi connectivity index (χ0v) is 10.5. The maximum Gasteiger partial charge on any atom is 0.339 e. The van der Waals surface area contributed by atoms with E-state index >= 15 is 0 Å². The average Bonchev–Trinajstić information content (AvgIpc) is 2.26. The van der Waals surface area contributed by atoms with Crippen molar-refractivity contribution >= 4 is 16.2 Å². The summed E-state index contributed by atoms with van der Waals surface area (Å²) in [5.74, 6) is -0.405. The molecular weight excluding hydrogens is 212 g/mol. The molecule has 0 spiro atoms. The maximum atomic E-state index is 11.5. The number of methoxy groups -OCH3 is 1. The first-order valence-corrected chi connectivity index (χ1v) is 5.40. The lowest BCUT2D eigenvalue weighted by molar-refractivity contribution is -0.140. The van der Waals surface area contributed by atoms with Crippen LogP contribution in [0.25, 0.3) is 0 Å². The summed E-state index contributed by atoms with van der Waals surface area (Å²) < 4.78 is 15.1. The summed E-state index contributed by atoms with van der Waals surface area (Å²) in [4.78, 5) is 11.5. The zero-order chi connectivity index (χ0) is 11.7. The number of esters is 1. The molecule has 0 N–H and O–H groups in total. The first kappa shape index (κ1) is 14.2. The van der Waals surface area contributed by atoms with Gasteiger partial charge in [0.2, 0.25) is 0 Å². The minimum atomic E-state index is -0.405. The molecule has 0 aromatic carbocycles. The largest absolute Gasteiger partial charge is 0.506 e. The number of hydrogen-bond acceptors (Lipinski definition) is 4. The molecule has 0 bridgehead atoms. The van der Waals surface area contributed by atoms with Crippen LogP contribution in [-0.2, 0) is 19.0 Å². The van der Waals surface area contributed by atoms with Gasteiger partial charge in [0.05, 0.1) is 31.3 Å². The molecule has 15 heavy (non-hydrogen) atoms. The Morgan fingerprint density at radius 2 is 2.00 bits per heavy atom. The SMILES string of the molecule is CCCOC(=O)/C(COCC)=C(\[Si])OC. The molecule has 0 rings (SSSR count). The number of rotatable bonds is 7. The van der Waals surface area contributed by atoms with Gasteiger partial charge in [-0.05, 0) is 13.3 Å². The molecule has 0 aliphatic carbocycles. The number of carbonyl (C=O) groups excluding carboxylic acids is 1. The van der Waals surface area contributed by atoms with Gasteiger partial charge in [-0.25, -0.2) is 4.79 Å². The molecule has 5 heteroatoms. The second-order valence-electron chi connectivity index (χ2n) is 2.78. The predicted octanol–water partition coefficient (Wildman–Crippen LogP) is 1.00. The minimum absolute atomic E-state index is 0.186. The van der Waals surface area contributed by atoms with Gasteiger partial charge >= 0.3 is 5.97 Å². The maximum absolute atomic E-state index is 11.5. The van der Waals surface area contributed by atoms with E-state index in [-0.39, 0.29) is 6.61 Å². The van der Waals surface area contributed by atoms with Crippen LogP contribution in [0.15, 0.2) is 11.0 Å². The molecule has 0 aliphatic rings. The topological polar surface area (TPSA) is 44.8 Å². The highest BCUT2D eigenvalue weighted by Crippen LogP contribution is 2.06. The van der Waals surface area contributed by atoms with Gasteiger partial charge in [-0.3, -0.25) is 0 Å². The molecule has 3 radical (unpaired) electrons. The molecule has 4 nitrogen and oxygen atoms in total. The molecule has 0 atom stereocenters. The molecule has 0 aliphatic heterocycles. The van der Waals surface area contributed by atoms with Crippen molar-refractivity contribution in [2.24, 2.45) is 0 Å². The normalized spacial score (nSPS) is 12.0. The van der Waals surface area contributed by atoms with Crippen LogP contribution in [0.3, 0.4) is 0 Å². The van der Waals surface area contributed by atoms with E-state index < -0.39 is 5.97 Å². The van der Waals surface area contributed by atoms with E-state index in [1.54, 1.807) is 0 Å². The van der Waals surface area contributed by atoms with Crippen LogP contribution < -0.4 is 0 Å². The fraction of sp³-hybridized carbons (Fsp3) is 0.700. The summed E-state index contributed by atoms with van der Waals surface area (Å²) >= 11 is 0. The lowest BCUT2D eigenvalue weighted by atomic mass is 10.3. The third-order valence-electron chi connectivity index (χ3n) is 1.61.